The van der Waals surface area contributed by atoms with Gasteiger partial charge >= 0.3 is 0 Å². The molecule has 30 heavy (non-hydrogen) atoms. The van der Waals surface area contributed by atoms with Crippen molar-refractivity contribution in [2.24, 2.45) is 5.92 Å². The molecule has 0 aromatic heterocycles. The summed E-state index contributed by atoms with van der Waals surface area (Å²) in [5, 5.41) is 10.7. The molecule has 3 rings (SSSR count). The topological polar surface area (TPSA) is 58.2 Å². The van der Waals surface area contributed by atoms with Crippen molar-refractivity contribution in [2.45, 2.75) is 32.7 Å². The van der Waals surface area contributed by atoms with Crippen LogP contribution in [0.3, 0.4) is 0 Å². The molecular formula is C25H30N4O. The molecule has 1 aliphatic carbocycles. The van der Waals surface area contributed by atoms with Crippen molar-refractivity contribution in [1.29, 1.82) is 0 Å². The van der Waals surface area contributed by atoms with Crippen LogP contribution in [0.4, 0.5) is 5.69 Å². The molecule has 1 atom stereocenters. The van der Waals surface area contributed by atoms with Crippen molar-refractivity contribution in [1.82, 2.24) is 5.32 Å². The molecule has 5 heteroatoms. The van der Waals surface area contributed by atoms with E-state index < -0.39 is 0 Å². The summed E-state index contributed by atoms with van der Waals surface area (Å²) >= 11 is 0. The third-order valence-corrected chi connectivity index (χ3v) is 5.10. The van der Waals surface area contributed by atoms with Gasteiger partial charge in [-0.15, -0.1) is 0 Å². The fourth-order valence-electron chi connectivity index (χ4n) is 3.06. The zero-order valence-electron chi connectivity index (χ0n) is 17.9. The van der Waals surface area contributed by atoms with Gasteiger partial charge in [-0.3, -0.25) is 4.79 Å². The molecule has 1 unspecified atom stereocenters. The fraction of sp³-hybridized carbons (Fsp3) is 0.280. The van der Waals surface area contributed by atoms with Crippen molar-refractivity contribution in [2.75, 3.05) is 12.4 Å². The number of nitrogens with one attached hydrogen (secondary N) is 2. The van der Waals surface area contributed by atoms with Crippen LogP contribution >= 0.6 is 0 Å². The van der Waals surface area contributed by atoms with Crippen LogP contribution < -0.4 is 10.6 Å². The minimum Gasteiger partial charge on any atom is -0.683 e. The number of nitrogens with zero attached hydrogens (tertiary/aromatic N) is 2. The molecule has 0 radical (unpaired) electrons. The average molecular weight is 403 g/mol. The lowest BCUT2D eigenvalue weighted by molar-refractivity contribution is -0.429. The van der Waals surface area contributed by atoms with E-state index in [9.17, 15) is 4.79 Å². The van der Waals surface area contributed by atoms with E-state index in [-0.39, 0.29) is 11.9 Å². The maximum Gasteiger partial charge on any atom is 0.255 e. The largest absolute Gasteiger partial charge is 0.683 e. The minimum absolute atomic E-state index is 0.0233. The van der Waals surface area contributed by atoms with Crippen molar-refractivity contribution in [3.63, 3.8) is 0 Å². The first-order valence-electron chi connectivity index (χ1n) is 10.3. The lowest BCUT2D eigenvalue weighted by atomic mass is 10.1. The molecule has 1 aliphatic heterocycles. The average Bonchev–Trinajstić information content (AvgIpc) is 3.55. The Balaban J connectivity index is 1.53. The highest BCUT2D eigenvalue weighted by atomic mass is 16.1. The lowest BCUT2D eigenvalue weighted by Gasteiger charge is -2.26. The van der Waals surface area contributed by atoms with Crippen LogP contribution in [0.1, 0.15) is 38.3 Å². The van der Waals surface area contributed by atoms with Crippen molar-refractivity contribution in [3.8, 4) is 0 Å². The summed E-state index contributed by atoms with van der Waals surface area (Å²) in [6, 6.07) is 7.78. The Bertz CT molecular complexity index is 961. The molecule has 156 valence electrons. The van der Waals surface area contributed by atoms with Crippen LogP contribution in [0.15, 0.2) is 84.5 Å². The summed E-state index contributed by atoms with van der Waals surface area (Å²) in [5.41, 5.74) is 4.57. The molecular weight excluding hydrogens is 372 g/mol. The Morgan fingerprint density at radius 3 is 2.77 bits per heavy atom. The molecule has 0 bridgehead atoms. The quantitative estimate of drug-likeness (QED) is 0.323. The van der Waals surface area contributed by atoms with Gasteiger partial charge in [-0.1, -0.05) is 55.0 Å². The number of amides is 1. The summed E-state index contributed by atoms with van der Waals surface area (Å²) in [5.74, 6) is 0.469. The first kappa shape index (κ1) is 21.4. The summed E-state index contributed by atoms with van der Waals surface area (Å²) in [4.78, 5) is 12.6. The van der Waals surface area contributed by atoms with Crippen molar-refractivity contribution >= 4 is 17.8 Å². The zero-order valence-corrected chi connectivity index (χ0v) is 17.9. The smallest absolute Gasteiger partial charge is 0.255 e. The second kappa shape index (κ2) is 9.92. The molecule has 0 spiro atoms. The van der Waals surface area contributed by atoms with E-state index in [1.165, 1.54) is 12.8 Å². The third kappa shape index (κ3) is 6.08. The fourth-order valence-corrected chi connectivity index (χ4v) is 3.06. The summed E-state index contributed by atoms with van der Waals surface area (Å²) < 4.78 is 1.98. The highest BCUT2D eigenvalue weighted by Crippen LogP contribution is 2.36. The molecule has 1 aromatic rings. The van der Waals surface area contributed by atoms with E-state index >= 15 is 0 Å². The number of benzene rings is 1. The summed E-state index contributed by atoms with van der Waals surface area (Å²) in [7, 11) is 1.98. The Morgan fingerprint density at radius 2 is 2.10 bits per heavy atom. The second-order valence-electron chi connectivity index (χ2n) is 7.67. The predicted molar refractivity (Wildman–Crippen MR) is 124 cm³/mol. The van der Waals surface area contributed by atoms with E-state index in [2.05, 4.69) is 22.5 Å². The number of anilines is 1. The molecule has 2 N–H and O–H groups in total. The van der Waals surface area contributed by atoms with Crippen molar-refractivity contribution < 1.29 is 9.37 Å². The van der Waals surface area contributed by atoms with Gasteiger partial charge in [0.25, 0.3) is 5.91 Å². The van der Waals surface area contributed by atoms with Gasteiger partial charge in [0.2, 0.25) is 0 Å². The van der Waals surface area contributed by atoms with Crippen LogP contribution in [0, 0.1) is 5.92 Å². The highest BCUT2D eigenvalue weighted by molar-refractivity contribution is 6.05. The summed E-state index contributed by atoms with van der Waals surface area (Å²) in [6.07, 6.45) is 15.6. The molecule has 1 aromatic carbocycles. The summed E-state index contributed by atoms with van der Waals surface area (Å²) in [6.45, 7) is 7.97. The Morgan fingerprint density at radius 1 is 1.33 bits per heavy atom. The molecule has 2 aliphatic rings. The highest BCUT2D eigenvalue weighted by Gasteiger charge is 2.22. The van der Waals surface area contributed by atoms with Crippen LogP contribution in [-0.4, -0.2) is 23.7 Å². The van der Waals surface area contributed by atoms with E-state index in [4.69, 9.17) is 0 Å². The maximum absolute atomic E-state index is 12.6. The Labute approximate surface area is 179 Å². The standard InChI is InChI=1S/C25H30N4O/c1-5-20(10-9-18(2)21-11-12-21)25(30)28-23-8-6-7-22(15-23)19(3)26-13-14-27-24-16-29(4)17-24/h5-10,13-17,19,21,27H,2,11-12H2,1,3-4H3,(H,28,30)/b10-9-,14-13?,20-5+. The molecule has 1 amide bonds. The van der Waals surface area contributed by atoms with Gasteiger partial charge in [0.15, 0.2) is 18.1 Å². The van der Waals surface area contributed by atoms with E-state index in [0.717, 1.165) is 22.5 Å². The van der Waals surface area contributed by atoms with E-state index in [0.29, 0.717) is 11.5 Å². The molecule has 0 saturated heterocycles. The number of carbonyl (C=O) groups excluding carboxylic acids is 1. The lowest BCUT2D eigenvalue weighted by Crippen LogP contribution is -2.21. The van der Waals surface area contributed by atoms with Gasteiger partial charge in [-0.25, -0.2) is 4.58 Å². The first-order chi connectivity index (χ1) is 14.5. The number of hydrogen-bond acceptors (Lipinski definition) is 2. The second-order valence-corrected chi connectivity index (χ2v) is 7.67. The van der Waals surface area contributed by atoms with Gasteiger partial charge in [0, 0.05) is 11.3 Å². The van der Waals surface area contributed by atoms with Gasteiger partial charge in [-0.05, 0) is 50.1 Å². The molecule has 1 saturated carbocycles. The molecule has 1 heterocycles. The van der Waals surface area contributed by atoms with Gasteiger partial charge < -0.3 is 16.0 Å². The molecule has 5 nitrogen and oxygen atoms in total. The first-order valence-corrected chi connectivity index (χ1v) is 10.3. The van der Waals surface area contributed by atoms with E-state index in [1.54, 1.807) is 6.20 Å². The predicted octanol–water partition coefficient (Wildman–Crippen LogP) is 5.16. The maximum atomic E-state index is 12.6. The SMILES string of the molecule is C=C(/C=C\C(=C/C)C(=O)Nc1cccc(C(C)[N-]C=CNC2=C[N+](C)=C2)c1)C1CC1. The Kier molecular flexibility index (Phi) is 7.07. The Hall–Kier alpha value is -3.34. The van der Waals surface area contributed by atoms with E-state index in [1.807, 2.05) is 86.6 Å². The minimum atomic E-state index is -0.127. The number of hydrogen-bond donors (Lipinski definition) is 2. The normalized spacial score (nSPS) is 17.2. The van der Waals surface area contributed by atoms with Crippen LogP contribution in [0.25, 0.3) is 5.32 Å². The van der Waals surface area contributed by atoms with Gasteiger partial charge in [0.05, 0.1) is 0 Å². The van der Waals surface area contributed by atoms with Crippen LogP contribution in [0.2, 0.25) is 0 Å². The number of carbonyl (C=O) groups is 1. The zero-order chi connectivity index (χ0) is 21.5. The number of allylic oxidation sites excluding steroid dienone is 4. The monoisotopic (exact) mass is 402 g/mol. The molecule has 1 fully saturated rings. The van der Waals surface area contributed by atoms with Gasteiger partial charge in [-0.2, -0.15) is 6.20 Å². The van der Waals surface area contributed by atoms with Crippen LogP contribution in [0.5, 0.6) is 0 Å². The van der Waals surface area contributed by atoms with Gasteiger partial charge in [0.1, 0.15) is 7.05 Å². The number of rotatable bonds is 10. The third-order valence-electron chi connectivity index (χ3n) is 5.10. The van der Waals surface area contributed by atoms with Crippen molar-refractivity contribution in [3.05, 3.63) is 95.4 Å². The van der Waals surface area contributed by atoms with Crippen LogP contribution in [-0.2, 0) is 4.79 Å².